The van der Waals surface area contributed by atoms with Gasteiger partial charge in [0.25, 0.3) is 5.91 Å². The lowest BCUT2D eigenvalue weighted by atomic mass is 10.2. The third kappa shape index (κ3) is 5.06. The van der Waals surface area contributed by atoms with Gasteiger partial charge in [-0.15, -0.1) is 0 Å². The number of carbonyl (C=O) groups excluding carboxylic acids is 1. The predicted molar refractivity (Wildman–Crippen MR) is 88.9 cm³/mol. The van der Waals surface area contributed by atoms with Gasteiger partial charge in [0.1, 0.15) is 5.75 Å². The van der Waals surface area contributed by atoms with Crippen LogP contribution in [0.1, 0.15) is 11.1 Å². The molecule has 0 radical (unpaired) electrons. The SMILES string of the molecule is Cc1cccc(OCC(=O)N/N=C/c2ccc(Cl)c(Cl)c2)c1. The zero-order chi connectivity index (χ0) is 15.9. The van der Waals surface area contributed by atoms with Gasteiger partial charge in [0.2, 0.25) is 0 Å². The number of rotatable bonds is 5. The van der Waals surface area contributed by atoms with E-state index in [1.807, 2.05) is 25.1 Å². The van der Waals surface area contributed by atoms with Crippen molar-refractivity contribution in [1.82, 2.24) is 5.43 Å². The van der Waals surface area contributed by atoms with Gasteiger partial charge in [-0.05, 0) is 42.3 Å². The van der Waals surface area contributed by atoms with Crippen molar-refractivity contribution in [3.63, 3.8) is 0 Å². The molecule has 0 aliphatic heterocycles. The van der Waals surface area contributed by atoms with Gasteiger partial charge < -0.3 is 4.74 Å². The zero-order valence-electron chi connectivity index (χ0n) is 11.8. The number of ether oxygens (including phenoxy) is 1. The van der Waals surface area contributed by atoms with Crippen LogP contribution in [0.5, 0.6) is 5.75 Å². The van der Waals surface area contributed by atoms with Crippen LogP contribution in [0.3, 0.4) is 0 Å². The van der Waals surface area contributed by atoms with Gasteiger partial charge in [-0.1, -0.05) is 41.4 Å². The Morgan fingerprint density at radius 3 is 2.77 bits per heavy atom. The normalized spacial score (nSPS) is 10.7. The molecular formula is C16H14Cl2N2O2. The first kappa shape index (κ1) is 16.3. The van der Waals surface area contributed by atoms with Crippen LogP contribution in [0, 0.1) is 6.92 Å². The highest BCUT2D eigenvalue weighted by Crippen LogP contribution is 2.21. The molecule has 0 bridgehead atoms. The minimum atomic E-state index is -0.349. The second-order valence-corrected chi connectivity index (χ2v) is 5.39. The number of hydrazone groups is 1. The number of hydrogen-bond acceptors (Lipinski definition) is 3. The summed E-state index contributed by atoms with van der Waals surface area (Å²) < 4.78 is 5.36. The minimum Gasteiger partial charge on any atom is -0.484 e. The molecule has 0 aromatic heterocycles. The molecule has 2 aromatic carbocycles. The van der Waals surface area contributed by atoms with Crippen LogP contribution in [-0.4, -0.2) is 18.7 Å². The van der Waals surface area contributed by atoms with Crippen LogP contribution in [0.4, 0.5) is 0 Å². The molecule has 0 aliphatic carbocycles. The molecule has 0 aliphatic rings. The van der Waals surface area contributed by atoms with Gasteiger partial charge in [0.05, 0.1) is 16.3 Å². The fourth-order valence-electron chi connectivity index (χ4n) is 1.66. The van der Waals surface area contributed by atoms with Crippen molar-refractivity contribution >= 4 is 35.3 Å². The maximum absolute atomic E-state index is 11.6. The Balaban J connectivity index is 1.82. The van der Waals surface area contributed by atoms with Gasteiger partial charge in [0.15, 0.2) is 6.61 Å². The van der Waals surface area contributed by atoms with Crippen molar-refractivity contribution < 1.29 is 9.53 Å². The second-order valence-electron chi connectivity index (χ2n) is 4.57. The number of nitrogens with zero attached hydrogens (tertiary/aromatic N) is 1. The quantitative estimate of drug-likeness (QED) is 0.666. The molecule has 0 spiro atoms. The highest BCUT2D eigenvalue weighted by molar-refractivity contribution is 6.42. The Bertz CT molecular complexity index is 702. The summed E-state index contributed by atoms with van der Waals surface area (Å²) in [7, 11) is 0. The average Bonchev–Trinajstić information content (AvgIpc) is 2.49. The van der Waals surface area contributed by atoms with E-state index in [4.69, 9.17) is 27.9 Å². The van der Waals surface area contributed by atoms with E-state index in [0.717, 1.165) is 11.1 Å². The van der Waals surface area contributed by atoms with Crippen molar-refractivity contribution in [3.8, 4) is 5.75 Å². The Morgan fingerprint density at radius 2 is 2.05 bits per heavy atom. The molecule has 2 rings (SSSR count). The van der Waals surface area contributed by atoms with E-state index in [9.17, 15) is 4.79 Å². The summed E-state index contributed by atoms with van der Waals surface area (Å²) in [6.45, 7) is 1.84. The molecular weight excluding hydrogens is 323 g/mol. The molecule has 6 heteroatoms. The fourth-order valence-corrected chi connectivity index (χ4v) is 1.96. The highest BCUT2D eigenvalue weighted by atomic mass is 35.5. The number of carbonyl (C=O) groups is 1. The van der Waals surface area contributed by atoms with Crippen LogP contribution >= 0.6 is 23.2 Å². The van der Waals surface area contributed by atoms with Crippen LogP contribution in [0.25, 0.3) is 0 Å². The van der Waals surface area contributed by atoms with E-state index >= 15 is 0 Å². The van der Waals surface area contributed by atoms with Crippen LogP contribution < -0.4 is 10.2 Å². The molecule has 22 heavy (non-hydrogen) atoms. The maximum Gasteiger partial charge on any atom is 0.277 e. The number of halogens is 2. The van der Waals surface area contributed by atoms with Gasteiger partial charge in [-0.2, -0.15) is 5.10 Å². The van der Waals surface area contributed by atoms with Crippen molar-refractivity contribution in [3.05, 3.63) is 63.6 Å². The summed E-state index contributed by atoms with van der Waals surface area (Å²) >= 11 is 11.7. The molecule has 0 saturated carbocycles. The Morgan fingerprint density at radius 1 is 1.23 bits per heavy atom. The molecule has 1 N–H and O–H groups in total. The van der Waals surface area contributed by atoms with Crippen molar-refractivity contribution in [1.29, 1.82) is 0 Å². The lowest BCUT2D eigenvalue weighted by Crippen LogP contribution is -2.24. The monoisotopic (exact) mass is 336 g/mol. The first-order chi connectivity index (χ1) is 10.5. The number of hydrogen-bond donors (Lipinski definition) is 1. The van der Waals surface area contributed by atoms with E-state index in [2.05, 4.69) is 10.5 Å². The molecule has 0 unspecified atom stereocenters. The van der Waals surface area contributed by atoms with Crippen molar-refractivity contribution in [2.24, 2.45) is 5.10 Å². The first-order valence-electron chi connectivity index (χ1n) is 6.51. The van der Waals surface area contributed by atoms with Gasteiger partial charge >= 0.3 is 0 Å². The van der Waals surface area contributed by atoms with E-state index in [1.165, 1.54) is 6.21 Å². The molecule has 0 fully saturated rings. The highest BCUT2D eigenvalue weighted by Gasteiger charge is 2.02. The summed E-state index contributed by atoms with van der Waals surface area (Å²) in [4.78, 5) is 11.6. The molecule has 1 amide bonds. The van der Waals surface area contributed by atoms with Crippen molar-refractivity contribution in [2.45, 2.75) is 6.92 Å². The third-order valence-corrected chi connectivity index (χ3v) is 3.45. The second kappa shape index (κ2) is 7.82. The smallest absolute Gasteiger partial charge is 0.277 e. The minimum absolute atomic E-state index is 0.109. The summed E-state index contributed by atoms with van der Waals surface area (Å²) in [6, 6.07) is 12.5. The van der Waals surface area contributed by atoms with Crippen LogP contribution in [0.15, 0.2) is 47.6 Å². The number of benzene rings is 2. The van der Waals surface area contributed by atoms with Gasteiger partial charge in [-0.25, -0.2) is 5.43 Å². The molecule has 0 atom stereocenters. The van der Waals surface area contributed by atoms with Gasteiger partial charge in [-0.3, -0.25) is 4.79 Å². The van der Waals surface area contributed by atoms with Crippen LogP contribution in [0.2, 0.25) is 10.0 Å². The summed E-state index contributed by atoms with van der Waals surface area (Å²) in [5.74, 6) is 0.293. The summed E-state index contributed by atoms with van der Waals surface area (Å²) in [5.41, 5.74) is 4.18. The van der Waals surface area contributed by atoms with Gasteiger partial charge in [0, 0.05) is 0 Å². The maximum atomic E-state index is 11.6. The van der Waals surface area contributed by atoms with Crippen LogP contribution in [-0.2, 0) is 4.79 Å². The van der Waals surface area contributed by atoms with Crippen molar-refractivity contribution in [2.75, 3.05) is 6.61 Å². The molecule has 4 nitrogen and oxygen atoms in total. The molecule has 2 aromatic rings. The lowest BCUT2D eigenvalue weighted by Gasteiger charge is -2.05. The number of amides is 1. The third-order valence-electron chi connectivity index (χ3n) is 2.71. The Labute approximate surface area is 138 Å². The topological polar surface area (TPSA) is 50.7 Å². The molecule has 114 valence electrons. The zero-order valence-corrected chi connectivity index (χ0v) is 13.4. The number of nitrogens with one attached hydrogen (secondary N) is 1. The van der Waals surface area contributed by atoms with E-state index < -0.39 is 0 Å². The molecule has 0 saturated heterocycles. The summed E-state index contributed by atoms with van der Waals surface area (Å²) in [5, 5.41) is 4.73. The fraction of sp³-hybridized carbons (Fsp3) is 0.125. The summed E-state index contributed by atoms with van der Waals surface area (Å²) in [6.07, 6.45) is 1.48. The Hall–Kier alpha value is -2.04. The first-order valence-corrected chi connectivity index (χ1v) is 7.26. The number of aryl methyl sites for hydroxylation is 1. The van der Waals surface area contributed by atoms with E-state index in [-0.39, 0.29) is 12.5 Å². The van der Waals surface area contributed by atoms with E-state index in [0.29, 0.717) is 15.8 Å². The largest absolute Gasteiger partial charge is 0.484 e. The standard InChI is InChI=1S/C16H14Cl2N2O2/c1-11-3-2-4-13(7-11)22-10-16(21)20-19-9-12-5-6-14(17)15(18)8-12/h2-9H,10H2,1H3,(H,20,21)/b19-9+. The lowest BCUT2D eigenvalue weighted by molar-refractivity contribution is -0.123. The predicted octanol–water partition coefficient (Wildman–Crippen LogP) is 3.83. The average molecular weight is 337 g/mol. The van der Waals surface area contributed by atoms with E-state index in [1.54, 1.807) is 24.3 Å². The molecule has 0 heterocycles. The Kier molecular flexibility index (Phi) is 5.81.